The van der Waals surface area contributed by atoms with E-state index in [1.165, 1.54) is 12.1 Å². The van der Waals surface area contributed by atoms with Crippen LogP contribution in [0.3, 0.4) is 0 Å². The second kappa shape index (κ2) is 5.67. The van der Waals surface area contributed by atoms with Gasteiger partial charge in [0.05, 0.1) is 5.69 Å². The van der Waals surface area contributed by atoms with Gasteiger partial charge in [0.25, 0.3) is 5.91 Å². The minimum Gasteiger partial charge on any atom is -0.321 e. The van der Waals surface area contributed by atoms with Gasteiger partial charge in [-0.15, -0.1) is 0 Å². The van der Waals surface area contributed by atoms with Crippen LogP contribution in [0.15, 0.2) is 47.4 Å². The fraction of sp³-hybridized carbons (Fsp3) is 0.133. The largest absolute Gasteiger partial charge is 0.321 e. The molecule has 0 fully saturated rings. The molecule has 6 heteroatoms. The van der Waals surface area contributed by atoms with Crippen LogP contribution in [0.25, 0.3) is 0 Å². The lowest BCUT2D eigenvalue weighted by molar-refractivity contribution is 0.102. The van der Waals surface area contributed by atoms with E-state index in [2.05, 4.69) is 5.32 Å². The number of carbonyl (C=O) groups excluding carboxylic acids is 1. The molecule has 0 atom stereocenters. The summed E-state index contributed by atoms with van der Waals surface area (Å²) in [6.45, 7) is 3.78. The fourth-order valence-corrected chi connectivity index (χ4v) is 2.81. The molecule has 3 N–H and O–H groups in total. The van der Waals surface area contributed by atoms with Crippen molar-refractivity contribution in [3.63, 3.8) is 0 Å². The van der Waals surface area contributed by atoms with Crippen molar-refractivity contribution in [2.45, 2.75) is 18.7 Å². The molecule has 0 aliphatic carbocycles. The van der Waals surface area contributed by atoms with Crippen LogP contribution < -0.4 is 10.5 Å². The van der Waals surface area contributed by atoms with Gasteiger partial charge in [-0.05, 0) is 38.1 Å². The number of carbonyl (C=O) groups is 1. The highest BCUT2D eigenvalue weighted by atomic mass is 32.2. The molecule has 21 heavy (non-hydrogen) atoms. The Bertz CT molecular complexity index is 778. The van der Waals surface area contributed by atoms with Gasteiger partial charge >= 0.3 is 0 Å². The van der Waals surface area contributed by atoms with Gasteiger partial charge in [0.15, 0.2) is 0 Å². The van der Waals surface area contributed by atoms with Gasteiger partial charge in [-0.3, -0.25) is 4.79 Å². The van der Waals surface area contributed by atoms with E-state index < -0.39 is 10.0 Å². The van der Waals surface area contributed by atoms with Gasteiger partial charge in [-0.1, -0.05) is 29.3 Å². The summed E-state index contributed by atoms with van der Waals surface area (Å²) in [6.07, 6.45) is 0. The number of rotatable bonds is 3. The molecule has 0 aliphatic rings. The first-order valence-corrected chi connectivity index (χ1v) is 7.83. The number of amides is 1. The molecular weight excluding hydrogens is 288 g/mol. The second-order valence-electron chi connectivity index (χ2n) is 4.87. The Morgan fingerprint density at radius 3 is 2.19 bits per heavy atom. The van der Waals surface area contributed by atoms with Crippen molar-refractivity contribution in [3.8, 4) is 0 Å². The molecule has 0 spiro atoms. The van der Waals surface area contributed by atoms with Crippen LogP contribution in [-0.4, -0.2) is 14.3 Å². The highest BCUT2D eigenvalue weighted by molar-refractivity contribution is 7.89. The van der Waals surface area contributed by atoms with Crippen LogP contribution in [0.5, 0.6) is 0 Å². The predicted octanol–water partition coefficient (Wildman–Crippen LogP) is 2.20. The number of aryl methyl sites for hydroxylation is 2. The maximum atomic E-state index is 12.3. The third-order valence-electron chi connectivity index (χ3n) is 2.93. The van der Waals surface area contributed by atoms with Crippen LogP contribution in [-0.2, 0) is 10.0 Å². The van der Waals surface area contributed by atoms with Crippen molar-refractivity contribution in [3.05, 3.63) is 59.2 Å². The second-order valence-corrected chi connectivity index (χ2v) is 6.40. The monoisotopic (exact) mass is 304 g/mol. The first-order valence-electron chi connectivity index (χ1n) is 6.29. The van der Waals surface area contributed by atoms with Crippen LogP contribution in [0.4, 0.5) is 5.69 Å². The molecular formula is C15H16N2O3S. The van der Waals surface area contributed by atoms with Gasteiger partial charge in [0, 0.05) is 5.56 Å². The van der Waals surface area contributed by atoms with Crippen molar-refractivity contribution < 1.29 is 13.2 Å². The van der Waals surface area contributed by atoms with E-state index >= 15 is 0 Å². The number of sulfonamides is 1. The van der Waals surface area contributed by atoms with Crippen LogP contribution >= 0.6 is 0 Å². The summed E-state index contributed by atoms with van der Waals surface area (Å²) in [4.78, 5) is 12.1. The topological polar surface area (TPSA) is 89.3 Å². The van der Waals surface area contributed by atoms with Crippen molar-refractivity contribution >= 4 is 21.6 Å². The van der Waals surface area contributed by atoms with Crippen molar-refractivity contribution in [1.29, 1.82) is 0 Å². The lowest BCUT2D eigenvalue weighted by Gasteiger charge is -2.10. The summed E-state index contributed by atoms with van der Waals surface area (Å²) in [5.74, 6) is -0.377. The zero-order valence-corrected chi connectivity index (χ0v) is 12.6. The first-order chi connectivity index (χ1) is 9.77. The molecule has 110 valence electrons. The molecule has 0 unspecified atom stereocenters. The number of benzene rings is 2. The van der Waals surface area contributed by atoms with Gasteiger partial charge in [-0.25, -0.2) is 13.6 Å². The van der Waals surface area contributed by atoms with Crippen LogP contribution in [0, 0.1) is 13.8 Å². The minimum atomic E-state index is -3.89. The van der Waals surface area contributed by atoms with Crippen LogP contribution in [0.1, 0.15) is 21.5 Å². The van der Waals surface area contributed by atoms with E-state index in [1.54, 1.807) is 24.3 Å². The first kappa shape index (κ1) is 15.2. The minimum absolute atomic E-state index is 0.109. The molecule has 0 saturated carbocycles. The zero-order valence-electron chi connectivity index (χ0n) is 11.8. The Hall–Kier alpha value is -2.18. The van der Waals surface area contributed by atoms with Gasteiger partial charge in [0.1, 0.15) is 4.90 Å². The molecule has 1 amide bonds. The van der Waals surface area contributed by atoms with E-state index in [9.17, 15) is 13.2 Å². The lowest BCUT2D eigenvalue weighted by Crippen LogP contribution is -2.18. The molecule has 0 aromatic heterocycles. The SMILES string of the molecule is Cc1cc(C)cc(C(=O)Nc2ccccc2S(N)(=O)=O)c1. The maximum absolute atomic E-state index is 12.3. The normalized spacial score (nSPS) is 11.2. The lowest BCUT2D eigenvalue weighted by atomic mass is 10.1. The van der Waals surface area contributed by atoms with Gasteiger partial charge in [-0.2, -0.15) is 0 Å². The average molecular weight is 304 g/mol. The summed E-state index contributed by atoms with van der Waals surface area (Å²) < 4.78 is 23.0. The number of hydrogen-bond acceptors (Lipinski definition) is 3. The molecule has 2 rings (SSSR count). The van der Waals surface area contributed by atoms with Gasteiger partial charge in [0.2, 0.25) is 10.0 Å². The number of nitrogens with one attached hydrogen (secondary N) is 1. The highest BCUT2D eigenvalue weighted by Gasteiger charge is 2.16. The molecule has 0 aliphatic heterocycles. The highest BCUT2D eigenvalue weighted by Crippen LogP contribution is 2.20. The van der Waals surface area contributed by atoms with Gasteiger partial charge < -0.3 is 5.32 Å². The zero-order chi connectivity index (χ0) is 15.6. The molecule has 0 heterocycles. The average Bonchev–Trinajstić information content (AvgIpc) is 2.37. The number of para-hydroxylation sites is 1. The van der Waals surface area contributed by atoms with E-state index in [0.717, 1.165) is 11.1 Å². The van der Waals surface area contributed by atoms with E-state index in [0.29, 0.717) is 5.56 Å². The number of hydrogen-bond donors (Lipinski definition) is 2. The van der Waals surface area contributed by atoms with Crippen LogP contribution in [0.2, 0.25) is 0 Å². The number of nitrogens with two attached hydrogens (primary N) is 1. The Morgan fingerprint density at radius 2 is 1.62 bits per heavy atom. The Balaban J connectivity index is 2.37. The molecule has 5 nitrogen and oxygen atoms in total. The van der Waals surface area contributed by atoms with Crippen molar-refractivity contribution in [1.82, 2.24) is 0 Å². The van der Waals surface area contributed by atoms with Crippen molar-refractivity contribution in [2.75, 3.05) is 5.32 Å². The Labute approximate surface area is 123 Å². The van der Waals surface area contributed by atoms with E-state index in [-0.39, 0.29) is 16.5 Å². The van der Waals surface area contributed by atoms with E-state index in [4.69, 9.17) is 5.14 Å². The molecule has 0 radical (unpaired) electrons. The third kappa shape index (κ3) is 3.68. The van der Waals surface area contributed by atoms with E-state index in [1.807, 2.05) is 19.9 Å². The summed E-state index contributed by atoms with van der Waals surface area (Å²) in [5.41, 5.74) is 2.56. The third-order valence-corrected chi connectivity index (χ3v) is 3.89. The quantitative estimate of drug-likeness (QED) is 0.911. The summed E-state index contributed by atoms with van der Waals surface area (Å²) in [7, 11) is -3.89. The standard InChI is InChI=1S/C15H16N2O3S/c1-10-7-11(2)9-12(8-10)15(18)17-13-5-3-4-6-14(13)21(16,19)20/h3-9H,1-2H3,(H,17,18)(H2,16,19,20). The molecule has 2 aromatic rings. The summed E-state index contributed by atoms with van der Waals surface area (Å²) >= 11 is 0. The molecule has 0 bridgehead atoms. The molecule has 2 aromatic carbocycles. The van der Waals surface area contributed by atoms with Crippen molar-refractivity contribution in [2.24, 2.45) is 5.14 Å². The summed E-state index contributed by atoms with van der Waals surface area (Å²) in [6, 6.07) is 11.5. The molecule has 0 saturated heterocycles. The summed E-state index contributed by atoms with van der Waals surface area (Å²) in [5, 5.41) is 7.73. The predicted molar refractivity (Wildman–Crippen MR) is 81.7 cm³/mol. The smallest absolute Gasteiger partial charge is 0.255 e. The maximum Gasteiger partial charge on any atom is 0.255 e. The number of primary sulfonamides is 1. The Kier molecular flexibility index (Phi) is 4.11. The number of anilines is 1. The fourth-order valence-electron chi connectivity index (χ4n) is 2.12. The Morgan fingerprint density at radius 1 is 1.05 bits per heavy atom.